The summed E-state index contributed by atoms with van der Waals surface area (Å²) in [7, 11) is 0. The van der Waals surface area contributed by atoms with Crippen LogP contribution in [0.4, 0.5) is 0 Å². The van der Waals surface area contributed by atoms with Crippen molar-refractivity contribution in [2.24, 2.45) is 11.7 Å². The molecule has 1 aromatic rings. The van der Waals surface area contributed by atoms with Crippen LogP contribution in [0.5, 0.6) is 0 Å². The standard InChI is InChI=1S/C16H24N2O/c1-12(13-5-3-2-4-6-13)11-18-16(19)14-7-9-15(17)10-8-14/h2-6,12,14-15H,7-11,17H2,1H3,(H,18,19). The Morgan fingerprint density at radius 1 is 1.26 bits per heavy atom. The maximum atomic E-state index is 12.1. The van der Waals surface area contributed by atoms with Crippen LogP contribution in [0.15, 0.2) is 30.3 Å². The molecular weight excluding hydrogens is 236 g/mol. The molecule has 104 valence electrons. The topological polar surface area (TPSA) is 55.1 Å². The van der Waals surface area contributed by atoms with Gasteiger partial charge in [-0.15, -0.1) is 0 Å². The van der Waals surface area contributed by atoms with E-state index in [1.807, 2.05) is 18.2 Å². The van der Waals surface area contributed by atoms with E-state index in [0.29, 0.717) is 18.5 Å². The Labute approximate surface area is 115 Å². The molecule has 1 unspecified atom stereocenters. The molecular formula is C16H24N2O. The van der Waals surface area contributed by atoms with Gasteiger partial charge in [0.2, 0.25) is 5.91 Å². The number of nitrogens with one attached hydrogen (secondary N) is 1. The van der Waals surface area contributed by atoms with Gasteiger partial charge in [0.05, 0.1) is 0 Å². The SMILES string of the molecule is CC(CNC(=O)C1CCC(N)CC1)c1ccccc1. The predicted molar refractivity (Wildman–Crippen MR) is 77.8 cm³/mol. The smallest absolute Gasteiger partial charge is 0.223 e. The molecule has 1 saturated carbocycles. The van der Waals surface area contributed by atoms with Gasteiger partial charge >= 0.3 is 0 Å². The van der Waals surface area contributed by atoms with E-state index in [1.54, 1.807) is 0 Å². The fourth-order valence-electron chi connectivity index (χ4n) is 2.68. The Balaban J connectivity index is 1.77. The molecule has 3 nitrogen and oxygen atoms in total. The lowest BCUT2D eigenvalue weighted by Gasteiger charge is -2.25. The zero-order chi connectivity index (χ0) is 13.7. The molecule has 3 heteroatoms. The van der Waals surface area contributed by atoms with Gasteiger partial charge in [-0.3, -0.25) is 4.79 Å². The maximum absolute atomic E-state index is 12.1. The summed E-state index contributed by atoms with van der Waals surface area (Å²) in [5, 5.41) is 3.09. The van der Waals surface area contributed by atoms with Crippen molar-refractivity contribution in [1.29, 1.82) is 0 Å². The summed E-state index contributed by atoms with van der Waals surface area (Å²) in [5.74, 6) is 0.730. The summed E-state index contributed by atoms with van der Waals surface area (Å²) in [6, 6.07) is 10.6. The maximum Gasteiger partial charge on any atom is 0.223 e. The van der Waals surface area contributed by atoms with Crippen LogP contribution in [0, 0.1) is 5.92 Å². The Bertz CT molecular complexity index is 396. The molecule has 0 heterocycles. The summed E-state index contributed by atoms with van der Waals surface area (Å²) in [5.41, 5.74) is 7.14. The van der Waals surface area contributed by atoms with Crippen molar-refractivity contribution in [3.8, 4) is 0 Å². The summed E-state index contributed by atoms with van der Waals surface area (Å²) in [6.45, 7) is 2.86. The van der Waals surface area contributed by atoms with Gasteiger partial charge in [-0.05, 0) is 37.2 Å². The van der Waals surface area contributed by atoms with Crippen molar-refractivity contribution in [3.05, 3.63) is 35.9 Å². The first kappa shape index (κ1) is 14.1. The molecule has 1 amide bonds. The van der Waals surface area contributed by atoms with Gasteiger partial charge in [-0.25, -0.2) is 0 Å². The van der Waals surface area contributed by atoms with Crippen LogP contribution in [-0.2, 0) is 4.79 Å². The lowest BCUT2D eigenvalue weighted by molar-refractivity contribution is -0.126. The fourth-order valence-corrected chi connectivity index (χ4v) is 2.68. The average Bonchev–Trinajstić information content (AvgIpc) is 2.46. The molecule has 1 aliphatic rings. The third-order valence-electron chi connectivity index (χ3n) is 4.09. The highest BCUT2D eigenvalue weighted by atomic mass is 16.1. The Morgan fingerprint density at radius 3 is 2.53 bits per heavy atom. The van der Waals surface area contributed by atoms with Crippen LogP contribution < -0.4 is 11.1 Å². The van der Waals surface area contributed by atoms with Crippen molar-refractivity contribution in [2.45, 2.75) is 44.6 Å². The van der Waals surface area contributed by atoms with Crippen LogP contribution in [-0.4, -0.2) is 18.5 Å². The molecule has 1 atom stereocenters. The molecule has 0 saturated heterocycles. The van der Waals surface area contributed by atoms with Gasteiger partial charge in [0, 0.05) is 18.5 Å². The first-order chi connectivity index (χ1) is 9.16. The molecule has 2 rings (SSSR count). The highest BCUT2D eigenvalue weighted by Crippen LogP contribution is 2.23. The fraction of sp³-hybridized carbons (Fsp3) is 0.562. The first-order valence-corrected chi connectivity index (χ1v) is 7.25. The van der Waals surface area contributed by atoms with Gasteiger partial charge in [0.25, 0.3) is 0 Å². The zero-order valence-corrected chi connectivity index (χ0v) is 11.6. The predicted octanol–water partition coefficient (Wildman–Crippen LogP) is 2.42. The molecule has 1 fully saturated rings. The van der Waals surface area contributed by atoms with Crippen LogP contribution >= 0.6 is 0 Å². The van der Waals surface area contributed by atoms with E-state index in [9.17, 15) is 4.79 Å². The van der Waals surface area contributed by atoms with Crippen LogP contribution in [0.3, 0.4) is 0 Å². The lowest BCUT2D eigenvalue weighted by Crippen LogP contribution is -2.37. The minimum Gasteiger partial charge on any atom is -0.355 e. The van der Waals surface area contributed by atoms with E-state index in [4.69, 9.17) is 5.73 Å². The molecule has 0 bridgehead atoms. The number of rotatable bonds is 4. The number of amides is 1. The summed E-state index contributed by atoms with van der Waals surface area (Å²) in [6.07, 6.45) is 3.83. The molecule has 19 heavy (non-hydrogen) atoms. The van der Waals surface area contributed by atoms with Crippen molar-refractivity contribution >= 4 is 5.91 Å². The largest absolute Gasteiger partial charge is 0.355 e. The van der Waals surface area contributed by atoms with Gasteiger partial charge in [0.15, 0.2) is 0 Å². The van der Waals surface area contributed by atoms with Gasteiger partial charge in [-0.1, -0.05) is 37.3 Å². The Kier molecular flexibility index (Phi) is 4.97. The third-order valence-corrected chi connectivity index (χ3v) is 4.09. The number of benzene rings is 1. The second kappa shape index (κ2) is 6.71. The van der Waals surface area contributed by atoms with E-state index < -0.39 is 0 Å². The normalized spacial score (nSPS) is 24.7. The van der Waals surface area contributed by atoms with Gasteiger partial charge in [-0.2, -0.15) is 0 Å². The first-order valence-electron chi connectivity index (χ1n) is 7.25. The van der Waals surface area contributed by atoms with Crippen molar-refractivity contribution < 1.29 is 4.79 Å². The average molecular weight is 260 g/mol. The van der Waals surface area contributed by atoms with E-state index in [2.05, 4.69) is 24.4 Å². The van der Waals surface area contributed by atoms with Gasteiger partial charge in [0.1, 0.15) is 0 Å². The second-order valence-corrected chi connectivity index (χ2v) is 5.67. The van der Waals surface area contributed by atoms with Gasteiger partial charge < -0.3 is 11.1 Å². The minimum absolute atomic E-state index is 0.169. The molecule has 0 aromatic heterocycles. The number of carbonyl (C=O) groups is 1. The number of hydrogen-bond donors (Lipinski definition) is 2. The Hall–Kier alpha value is -1.35. The highest BCUT2D eigenvalue weighted by molar-refractivity contribution is 5.78. The number of nitrogens with two attached hydrogens (primary N) is 1. The van der Waals surface area contributed by atoms with E-state index >= 15 is 0 Å². The quantitative estimate of drug-likeness (QED) is 0.873. The monoisotopic (exact) mass is 260 g/mol. The molecule has 0 radical (unpaired) electrons. The minimum atomic E-state index is 0.169. The summed E-state index contributed by atoms with van der Waals surface area (Å²) >= 11 is 0. The number of carbonyl (C=O) groups excluding carboxylic acids is 1. The van der Waals surface area contributed by atoms with E-state index in [-0.39, 0.29) is 11.8 Å². The second-order valence-electron chi connectivity index (χ2n) is 5.67. The van der Waals surface area contributed by atoms with Crippen molar-refractivity contribution in [3.63, 3.8) is 0 Å². The molecule has 1 aliphatic carbocycles. The van der Waals surface area contributed by atoms with Crippen LogP contribution in [0.1, 0.15) is 44.1 Å². The third kappa shape index (κ3) is 4.06. The molecule has 0 spiro atoms. The highest BCUT2D eigenvalue weighted by Gasteiger charge is 2.24. The van der Waals surface area contributed by atoms with Crippen LogP contribution in [0.2, 0.25) is 0 Å². The van der Waals surface area contributed by atoms with Crippen LogP contribution in [0.25, 0.3) is 0 Å². The number of hydrogen-bond acceptors (Lipinski definition) is 2. The van der Waals surface area contributed by atoms with Crippen molar-refractivity contribution in [1.82, 2.24) is 5.32 Å². The van der Waals surface area contributed by atoms with Crippen molar-refractivity contribution in [2.75, 3.05) is 6.54 Å². The molecule has 1 aromatic carbocycles. The van der Waals surface area contributed by atoms with E-state index in [0.717, 1.165) is 25.7 Å². The Morgan fingerprint density at radius 2 is 1.89 bits per heavy atom. The molecule has 3 N–H and O–H groups in total. The van der Waals surface area contributed by atoms with E-state index in [1.165, 1.54) is 5.56 Å². The lowest BCUT2D eigenvalue weighted by atomic mass is 9.86. The zero-order valence-electron chi connectivity index (χ0n) is 11.6. The summed E-state index contributed by atoms with van der Waals surface area (Å²) < 4.78 is 0. The summed E-state index contributed by atoms with van der Waals surface area (Å²) in [4.78, 5) is 12.1. The molecule has 0 aliphatic heterocycles.